The first-order valence-corrected chi connectivity index (χ1v) is 6.00. The van der Waals surface area contributed by atoms with Crippen LogP contribution in [0.25, 0.3) is 0 Å². The molecular formula is C11H19ClN4O2. The number of aryl methyl sites for hydroxylation is 1. The van der Waals surface area contributed by atoms with Crippen molar-refractivity contribution in [1.29, 1.82) is 0 Å². The highest BCUT2D eigenvalue weighted by molar-refractivity contribution is 6.28. The molecule has 18 heavy (non-hydrogen) atoms. The Balaban J connectivity index is 2.95. The number of aromatic nitrogens is 2. The van der Waals surface area contributed by atoms with Crippen LogP contribution in [0.2, 0.25) is 5.28 Å². The molecule has 1 aromatic heterocycles. The maximum Gasteiger partial charge on any atom is 0.224 e. The van der Waals surface area contributed by atoms with Gasteiger partial charge in [-0.3, -0.25) is 0 Å². The molecule has 7 heteroatoms. The number of ether oxygens (including phenoxy) is 2. The zero-order valence-electron chi connectivity index (χ0n) is 10.9. The topological polar surface area (TPSA) is 73.5 Å². The van der Waals surface area contributed by atoms with Gasteiger partial charge in [-0.25, -0.2) is 4.98 Å². The number of methoxy groups -OCH3 is 2. The van der Waals surface area contributed by atoms with Gasteiger partial charge in [0, 0.05) is 27.3 Å². The molecule has 0 amide bonds. The molecule has 0 fully saturated rings. The smallest absolute Gasteiger partial charge is 0.224 e. The maximum absolute atomic E-state index is 5.99. The van der Waals surface area contributed by atoms with Crippen molar-refractivity contribution in [1.82, 2.24) is 9.97 Å². The third-order valence-electron chi connectivity index (χ3n) is 2.52. The fourth-order valence-electron chi connectivity index (χ4n) is 1.50. The van der Waals surface area contributed by atoms with Crippen molar-refractivity contribution < 1.29 is 9.47 Å². The molecule has 1 rings (SSSR count). The molecule has 1 heterocycles. The third kappa shape index (κ3) is 3.97. The van der Waals surface area contributed by atoms with E-state index in [1.165, 1.54) is 0 Å². The van der Waals surface area contributed by atoms with Gasteiger partial charge < -0.3 is 20.1 Å². The van der Waals surface area contributed by atoms with Crippen molar-refractivity contribution in [2.75, 3.05) is 51.2 Å². The molecule has 6 nitrogen and oxygen atoms in total. The van der Waals surface area contributed by atoms with E-state index in [4.69, 9.17) is 26.8 Å². The van der Waals surface area contributed by atoms with Gasteiger partial charge in [0.15, 0.2) is 5.82 Å². The van der Waals surface area contributed by atoms with E-state index >= 15 is 0 Å². The van der Waals surface area contributed by atoms with Gasteiger partial charge in [-0.05, 0) is 18.5 Å². The summed E-state index contributed by atoms with van der Waals surface area (Å²) in [6.45, 7) is 4.28. The Morgan fingerprint density at radius 3 is 2.22 bits per heavy atom. The van der Waals surface area contributed by atoms with Crippen LogP contribution in [0.1, 0.15) is 5.69 Å². The number of nitrogens with two attached hydrogens (primary N) is 1. The van der Waals surface area contributed by atoms with Crippen LogP contribution in [-0.2, 0) is 9.47 Å². The molecule has 0 saturated carbocycles. The van der Waals surface area contributed by atoms with E-state index in [-0.39, 0.29) is 5.28 Å². The Kier molecular flexibility index (Phi) is 6.11. The number of nitrogens with zero attached hydrogens (tertiary/aromatic N) is 3. The molecule has 0 atom stereocenters. The van der Waals surface area contributed by atoms with E-state index in [0.717, 1.165) is 0 Å². The Hall–Kier alpha value is -1.11. The molecular weight excluding hydrogens is 256 g/mol. The van der Waals surface area contributed by atoms with E-state index in [9.17, 15) is 0 Å². The lowest BCUT2D eigenvalue weighted by Crippen LogP contribution is -2.32. The van der Waals surface area contributed by atoms with Crippen molar-refractivity contribution in [2.24, 2.45) is 0 Å². The molecule has 0 unspecified atom stereocenters. The lowest BCUT2D eigenvalue weighted by molar-refractivity contribution is 0.190. The molecule has 102 valence electrons. The van der Waals surface area contributed by atoms with E-state index < -0.39 is 0 Å². The quantitative estimate of drug-likeness (QED) is 0.751. The summed E-state index contributed by atoms with van der Waals surface area (Å²) in [7, 11) is 3.30. The summed E-state index contributed by atoms with van der Waals surface area (Å²) >= 11 is 5.87. The van der Waals surface area contributed by atoms with Crippen molar-refractivity contribution >= 4 is 23.1 Å². The molecule has 0 aliphatic heterocycles. The molecule has 0 aliphatic rings. The van der Waals surface area contributed by atoms with Gasteiger partial charge in [0.1, 0.15) is 0 Å². The van der Waals surface area contributed by atoms with E-state index in [1.807, 2.05) is 4.90 Å². The lowest BCUT2D eigenvalue weighted by atomic mass is 10.3. The first-order chi connectivity index (χ1) is 8.60. The van der Waals surface area contributed by atoms with Crippen LogP contribution in [0.3, 0.4) is 0 Å². The standard InChI is InChI=1S/C11H19ClN4O2/c1-8-9(13)10(15-11(12)14-8)16(4-6-17-2)5-7-18-3/h4-7,13H2,1-3H3. The van der Waals surface area contributed by atoms with Crippen LogP contribution < -0.4 is 10.6 Å². The van der Waals surface area contributed by atoms with Gasteiger partial charge in [0.2, 0.25) is 5.28 Å². The van der Waals surface area contributed by atoms with Gasteiger partial charge >= 0.3 is 0 Å². The van der Waals surface area contributed by atoms with Gasteiger partial charge in [-0.1, -0.05) is 0 Å². The number of hydrogen-bond donors (Lipinski definition) is 1. The Morgan fingerprint density at radius 2 is 1.72 bits per heavy atom. The minimum absolute atomic E-state index is 0.191. The number of halogens is 1. The summed E-state index contributed by atoms with van der Waals surface area (Å²) in [4.78, 5) is 10.2. The summed E-state index contributed by atoms with van der Waals surface area (Å²) < 4.78 is 10.1. The molecule has 0 radical (unpaired) electrons. The largest absolute Gasteiger partial charge is 0.394 e. The molecule has 0 aliphatic carbocycles. The van der Waals surface area contributed by atoms with Gasteiger partial charge in [-0.2, -0.15) is 4.98 Å². The monoisotopic (exact) mass is 274 g/mol. The SMILES string of the molecule is COCCN(CCOC)c1nc(Cl)nc(C)c1N. The molecule has 0 bridgehead atoms. The summed E-state index contributed by atoms with van der Waals surface area (Å²) in [5.74, 6) is 0.626. The third-order valence-corrected chi connectivity index (χ3v) is 2.69. The van der Waals surface area contributed by atoms with Crippen LogP contribution in [0.5, 0.6) is 0 Å². The van der Waals surface area contributed by atoms with E-state index in [2.05, 4.69) is 9.97 Å². The fraction of sp³-hybridized carbons (Fsp3) is 0.636. The van der Waals surface area contributed by atoms with Crippen molar-refractivity contribution in [3.8, 4) is 0 Å². The lowest BCUT2D eigenvalue weighted by Gasteiger charge is -2.24. The zero-order chi connectivity index (χ0) is 13.5. The molecule has 2 N–H and O–H groups in total. The Bertz CT molecular complexity index is 382. The number of nitrogen functional groups attached to an aromatic ring is 1. The number of hydrogen-bond acceptors (Lipinski definition) is 6. The predicted molar refractivity (Wildman–Crippen MR) is 72.2 cm³/mol. The number of rotatable bonds is 7. The molecule has 1 aromatic rings. The molecule has 0 spiro atoms. The van der Waals surface area contributed by atoms with Gasteiger partial charge in [0.25, 0.3) is 0 Å². The van der Waals surface area contributed by atoms with Crippen LogP contribution in [0.15, 0.2) is 0 Å². The summed E-state index contributed by atoms with van der Waals surface area (Å²) in [5, 5.41) is 0.191. The first-order valence-electron chi connectivity index (χ1n) is 5.62. The minimum atomic E-state index is 0.191. The van der Waals surface area contributed by atoms with Gasteiger partial charge in [0.05, 0.1) is 24.6 Å². The van der Waals surface area contributed by atoms with Crippen LogP contribution in [-0.4, -0.2) is 50.5 Å². The zero-order valence-corrected chi connectivity index (χ0v) is 11.7. The predicted octanol–water partition coefficient (Wildman–Crippen LogP) is 1.12. The summed E-state index contributed by atoms with van der Waals surface area (Å²) in [6.07, 6.45) is 0. The second-order valence-corrected chi connectivity index (χ2v) is 4.13. The van der Waals surface area contributed by atoms with Crippen LogP contribution in [0.4, 0.5) is 11.5 Å². The highest BCUT2D eigenvalue weighted by atomic mass is 35.5. The average molecular weight is 275 g/mol. The highest BCUT2D eigenvalue weighted by Gasteiger charge is 2.15. The van der Waals surface area contributed by atoms with E-state index in [1.54, 1.807) is 21.1 Å². The van der Waals surface area contributed by atoms with Crippen molar-refractivity contribution in [3.63, 3.8) is 0 Å². The summed E-state index contributed by atoms with van der Waals surface area (Å²) in [5.41, 5.74) is 7.19. The minimum Gasteiger partial charge on any atom is -0.394 e. The van der Waals surface area contributed by atoms with Crippen LogP contribution >= 0.6 is 11.6 Å². The summed E-state index contributed by atoms with van der Waals surface area (Å²) in [6, 6.07) is 0. The molecule has 0 aromatic carbocycles. The highest BCUT2D eigenvalue weighted by Crippen LogP contribution is 2.24. The normalized spacial score (nSPS) is 10.7. The van der Waals surface area contributed by atoms with Gasteiger partial charge in [-0.15, -0.1) is 0 Å². The van der Waals surface area contributed by atoms with Crippen LogP contribution in [0, 0.1) is 6.92 Å². The second-order valence-electron chi connectivity index (χ2n) is 3.79. The number of anilines is 2. The average Bonchev–Trinajstić information content (AvgIpc) is 2.34. The Morgan fingerprint density at radius 1 is 1.17 bits per heavy atom. The fourth-order valence-corrected chi connectivity index (χ4v) is 1.71. The maximum atomic E-state index is 5.99. The van der Waals surface area contributed by atoms with Crippen molar-refractivity contribution in [2.45, 2.75) is 6.92 Å². The first kappa shape index (κ1) is 14.9. The second kappa shape index (κ2) is 7.35. The Labute approximate surface area is 112 Å². The van der Waals surface area contributed by atoms with Crippen molar-refractivity contribution in [3.05, 3.63) is 11.0 Å². The van der Waals surface area contributed by atoms with E-state index in [0.29, 0.717) is 43.5 Å². The molecule has 0 saturated heterocycles.